The summed E-state index contributed by atoms with van der Waals surface area (Å²) in [4.78, 5) is 17.8. The minimum absolute atomic E-state index is 0.155. The maximum absolute atomic E-state index is 13.1. The van der Waals surface area contributed by atoms with Crippen molar-refractivity contribution in [2.75, 3.05) is 5.43 Å². The predicted molar refractivity (Wildman–Crippen MR) is 118 cm³/mol. The Morgan fingerprint density at radius 2 is 1.68 bits per heavy atom. The molecule has 0 aliphatic heterocycles. The lowest BCUT2D eigenvalue weighted by molar-refractivity contribution is 0.468. The number of aromatic hydroxyl groups is 1. The number of nitrogens with zero attached hydrogens (tertiary/aromatic N) is 2. The van der Waals surface area contributed by atoms with Crippen molar-refractivity contribution in [3.63, 3.8) is 0 Å². The summed E-state index contributed by atoms with van der Waals surface area (Å²) in [5, 5.41) is 10.6. The van der Waals surface area contributed by atoms with Gasteiger partial charge in [0.1, 0.15) is 5.75 Å². The number of phenols is 1. The van der Waals surface area contributed by atoms with Gasteiger partial charge in [-0.3, -0.25) is 4.79 Å². The number of hydrogen-bond donors (Lipinski definition) is 2. The molecule has 3 aromatic carbocycles. The molecule has 140 valence electrons. The first kappa shape index (κ1) is 18.7. The SMILES string of the molecule is O=c1c2ccccc2nc(-c2ccc(Br)cc2)n1NCc1cc(Br)ccc1O. The van der Waals surface area contributed by atoms with Gasteiger partial charge in [-0.05, 0) is 42.5 Å². The molecule has 0 atom stereocenters. The molecule has 5 nitrogen and oxygen atoms in total. The van der Waals surface area contributed by atoms with Gasteiger partial charge in [-0.2, -0.15) is 0 Å². The van der Waals surface area contributed by atoms with Gasteiger partial charge in [-0.25, -0.2) is 9.66 Å². The van der Waals surface area contributed by atoms with Gasteiger partial charge in [-0.15, -0.1) is 0 Å². The van der Waals surface area contributed by atoms with Crippen LogP contribution in [0.5, 0.6) is 5.75 Å². The molecule has 0 fully saturated rings. The van der Waals surface area contributed by atoms with Gasteiger partial charge < -0.3 is 10.5 Å². The van der Waals surface area contributed by atoms with Crippen molar-refractivity contribution in [1.82, 2.24) is 9.66 Å². The zero-order valence-electron chi connectivity index (χ0n) is 14.6. The van der Waals surface area contributed by atoms with Crippen LogP contribution in [0.3, 0.4) is 0 Å². The monoisotopic (exact) mass is 499 g/mol. The number of fused-ring (bicyclic) bond motifs is 1. The molecule has 0 unspecified atom stereocenters. The minimum Gasteiger partial charge on any atom is -0.508 e. The first-order valence-corrected chi connectivity index (χ1v) is 10.1. The third-order valence-corrected chi connectivity index (χ3v) is 5.37. The first-order chi connectivity index (χ1) is 13.5. The molecule has 28 heavy (non-hydrogen) atoms. The van der Waals surface area contributed by atoms with Gasteiger partial charge in [0.15, 0.2) is 5.82 Å². The predicted octanol–water partition coefficient (Wildman–Crippen LogP) is 5.04. The van der Waals surface area contributed by atoms with E-state index in [0.717, 1.165) is 14.5 Å². The van der Waals surface area contributed by atoms with Crippen LogP contribution in [0.2, 0.25) is 0 Å². The molecule has 0 aliphatic rings. The van der Waals surface area contributed by atoms with E-state index in [1.54, 1.807) is 24.3 Å². The minimum atomic E-state index is -0.196. The Morgan fingerprint density at radius 1 is 0.964 bits per heavy atom. The van der Waals surface area contributed by atoms with E-state index in [9.17, 15) is 9.90 Å². The fraction of sp³-hybridized carbons (Fsp3) is 0.0476. The highest BCUT2D eigenvalue weighted by Crippen LogP contribution is 2.23. The van der Waals surface area contributed by atoms with Crippen molar-refractivity contribution in [3.8, 4) is 17.1 Å². The van der Waals surface area contributed by atoms with Crippen molar-refractivity contribution in [2.24, 2.45) is 0 Å². The van der Waals surface area contributed by atoms with Crippen LogP contribution in [0.4, 0.5) is 0 Å². The van der Waals surface area contributed by atoms with Gasteiger partial charge in [0.25, 0.3) is 5.56 Å². The molecule has 2 N–H and O–H groups in total. The smallest absolute Gasteiger partial charge is 0.280 e. The molecule has 0 aliphatic carbocycles. The summed E-state index contributed by atoms with van der Waals surface area (Å²) in [7, 11) is 0. The van der Waals surface area contributed by atoms with E-state index in [1.165, 1.54) is 4.68 Å². The molecule has 0 bridgehead atoms. The third-order valence-electron chi connectivity index (χ3n) is 4.35. The van der Waals surface area contributed by atoms with Gasteiger partial charge >= 0.3 is 0 Å². The Hall–Kier alpha value is -2.64. The van der Waals surface area contributed by atoms with Crippen LogP contribution in [0, 0.1) is 0 Å². The molecule has 0 saturated carbocycles. The second-order valence-corrected chi connectivity index (χ2v) is 8.04. The summed E-state index contributed by atoms with van der Waals surface area (Å²) in [6.07, 6.45) is 0. The van der Waals surface area contributed by atoms with E-state index >= 15 is 0 Å². The Kier molecular flexibility index (Phi) is 5.19. The quantitative estimate of drug-likeness (QED) is 0.412. The summed E-state index contributed by atoms with van der Waals surface area (Å²) in [6, 6.07) is 20.0. The summed E-state index contributed by atoms with van der Waals surface area (Å²) < 4.78 is 3.23. The molecule has 7 heteroatoms. The molecule has 1 heterocycles. The number of benzene rings is 3. The number of hydrogen-bond acceptors (Lipinski definition) is 4. The number of nitrogens with one attached hydrogen (secondary N) is 1. The average molecular weight is 501 g/mol. The van der Waals surface area contributed by atoms with Gasteiger partial charge in [0, 0.05) is 20.1 Å². The van der Waals surface area contributed by atoms with Gasteiger partial charge in [0.2, 0.25) is 0 Å². The molecule has 0 amide bonds. The molecule has 0 saturated heterocycles. The maximum Gasteiger partial charge on any atom is 0.280 e. The molecule has 1 aromatic heterocycles. The van der Waals surface area contributed by atoms with Crippen LogP contribution in [-0.4, -0.2) is 14.8 Å². The van der Waals surface area contributed by atoms with E-state index in [-0.39, 0.29) is 17.9 Å². The highest BCUT2D eigenvalue weighted by Gasteiger charge is 2.13. The summed E-state index contributed by atoms with van der Waals surface area (Å²) >= 11 is 6.83. The number of halogens is 2. The summed E-state index contributed by atoms with van der Waals surface area (Å²) in [5.41, 5.74) is 5.02. The van der Waals surface area contributed by atoms with E-state index in [1.807, 2.05) is 42.5 Å². The molecule has 4 aromatic rings. The van der Waals surface area contributed by atoms with E-state index in [4.69, 9.17) is 4.98 Å². The van der Waals surface area contributed by atoms with Crippen LogP contribution in [0.25, 0.3) is 22.3 Å². The Bertz CT molecular complexity index is 1220. The van der Waals surface area contributed by atoms with Gasteiger partial charge in [-0.1, -0.05) is 56.1 Å². The second kappa shape index (κ2) is 7.77. The van der Waals surface area contributed by atoms with Crippen molar-refractivity contribution < 1.29 is 5.11 Å². The van der Waals surface area contributed by atoms with E-state index in [0.29, 0.717) is 22.3 Å². The molecular weight excluding hydrogens is 486 g/mol. The van der Waals surface area contributed by atoms with Crippen LogP contribution in [0.15, 0.2) is 80.5 Å². The normalized spacial score (nSPS) is 10.9. The molecule has 4 rings (SSSR count). The molecule has 0 radical (unpaired) electrons. The fourth-order valence-corrected chi connectivity index (χ4v) is 3.60. The molecule has 0 spiro atoms. The number of para-hydroxylation sites is 1. The van der Waals surface area contributed by atoms with Crippen molar-refractivity contribution in [1.29, 1.82) is 0 Å². The molecular formula is C21H15Br2N3O2. The number of aromatic nitrogens is 2. The highest BCUT2D eigenvalue weighted by molar-refractivity contribution is 9.10. The maximum atomic E-state index is 13.1. The summed E-state index contributed by atoms with van der Waals surface area (Å²) in [6.45, 7) is 0.259. The van der Waals surface area contributed by atoms with Crippen LogP contribution >= 0.6 is 31.9 Å². The second-order valence-electron chi connectivity index (χ2n) is 6.21. The standard InChI is InChI=1S/C21H15Br2N3O2/c22-15-7-5-13(6-8-15)20-25-18-4-2-1-3-17(18)21(28)26(20)24-12-14-11-16(23)9-10-19(14)27/h1-11,24,27H,12H2. The van der Waals surface area contributed by atoms with Crippen LogP contribution < -0.4 is 11.0 Å². The first-order valence-electron chi connectivity index (χ1n) is 8.52. The lowest BCUT2D eigenvalue weighted by Crippen LogP contribution is -2.31. The number of rotatable bonds is 4. The lowest BCUT2D eigenvalue weighted by atomic mass is 10.2. The fourth-order valence-electron chi connectivity index (χ4n) is 2.93. The zero-order valence-corrected chi connectivity index (χ0v) is 17.7. The average Bonchev–Trinajstić information content (AvgIpc) is 2.70. The van der Waals surface area contributed by atoms with E-state index in [2.05, 4.69) is 37.3 Å². The Morgan fingerprint density at radius 3 is 2.46 bits per heavy atom. The van der Waals surface area contributed by atoms with Crippen LogP contribution in [0.1, 0.15) is 5.56 Å². The Labute approximate surface area is 177 Å². The van der Waals surface area contributed by atoms with Crippen molar-refractivity contribution in [3.05, 3.63) is 91.6 Å². The summed E-state index contributed by atoms with van der Waals surface area (Å²) in [5.74, 6) is 0.661. The van der Waals surface area contributed by atoms with Gasteiger partial charge in [0.05, 0.1) is 17.4 Å². The largest absolute Gasteiger partial charge is 0.508 e. The Balaban J connectivity index is 1.84. The van der Waals surface area contributed by atoms with Crippen molar-refractivity contribution >= 4 is 42.8 Å². The van der Waals surface area contributed by atoms with Crippen LogP contribution in [-0.2, 0) is 6.54 Å². The highest BCUT2D eigenvalue weighted by atomic mass is 79.9. The topological polar surface area (TPSA) is 67.2 Å². The lowest BCUT2D eigenvalue weighted by Gasteiger charge is -2.16. The van der Waals surface area contributed by atoms with Crippen molar-refractivity contribution in [2.45, 2.75) is 6.54 Å². The third kappa shape index (κ3) is 3.68. The van der Waals surface area contributed by atoms with E-state index < -0.39 is 0 Å². The number of phenolic OH excluding ortho intramolecular Hbond substituents is 1. The zero-order chi connectivity index (χ0) is 19.7.